The Morgan fingerprint density at radius 3 is 2.61 bits per heavy atom. The van der Waals surface area contributed by atoms with Crippen LogP contribution in [-0.4, -0.2) is 42.3 Å². The first-order valence-electron chi connectivity index (χ1n) is 11.8. The minimum Gasteiger partial charge on any atom is -0.497 e. The van der Waals surface area contributed by atoms with Crippen LogP contribution >= 0.6 is 0 Å². The fraction of sp³-hybridized carbons (Fsp3) is 0.241. The van der Waals surface area contributed by atoms with Crippen LogP contribution in [0.1, 0.15) is 21.5 Å². The van der Waals surface area contributed by atoms with E-state index in [-0.39, 0.29) is 6.10 Å². The summed E-state index contributed by atoms with van der Waals surface area (Å²) in [5, 5.41) is 0. The highest BCUT2D eigenvalue weighted by molar-refractivity contribution is 5.78. The molecule has 0 N–H and O–H groups in total. The molecule has 0 radical (unpaired) electrons. The van der Waals surface area contributed by atoms with E-state index in [1.54, 1.807) is 19.6 Å². The molecule has 2 unspecified atom stereocenters. The van der Waals surface area contributed by atoms with Crippen LogP contribution in [0.4, 0.5) is 0 Å². The molecule has 0 bridgehead atoms. The van der Waals surface area contributed by atoms with Crippen molar-refractivity contribution in [2.75, 3.05) is 20.3 Å². The second-order valence-corrected chi connectivity index (χ2v) is 8.82. The maximum Gasteiger partial charge on any atom is 0.214 e. The van der Waals surface area contributed by atoms with E-state index in [0.29, 0.717) is 25.3 Å². The van der Waals surface area contributed by atoms with Gasteiger partial charge in [0.2, 0.25) is 5.79 Å². The van der Waals surface area contributed by atoms with Gasteiger partial charge in [-0.05, 0) is 48.9 Å². The summed E-state index contributed by atoms with van der Waals surface area (Å²) >= 11 is 0. The second-order valence-electron chi connectivity index (χ2n) is 8.82. The molecule has 36 heavy (non-hydrogen) atoms. The molecule has 3 aromatic carbocycles. The first kappa shape index (κ1) is 23.8. The Bertz CT molecular complexity index is 1300. The van der Waals surface area contributed by atoms with Gasteiger partial charge < -0.3 is 23.5 Å². The zero-order valence-electron chi connectivity index (χ0n) is 20.3. The van der Waals surface area contributed by atoms with Crippen molar-refractivity contribution < 1.29 is 23.7 Å². The number of methoxy groups -OCH3 is 1. The van der Waals surface area contributed by atoms with Gasteiger partial charge in [-0.1, -0.05) is 35.9 Å². The van der Waals surface area contributed by atoms with Gasteiger partial charge in [0, 0.05) is 29.1 Å². The van der Waals surface area contributed by atoms with E-state index in [0.717, 1.165) is 40.0 Å². The monoisotopic (exact) mass is 484 g/mol. The summed E-state index contributed by atoms with van der Waals surface area (Å²) in [4.78, 5) is 15.2. The minimum absolute atomic E-state index is 0.276. The minimum atomic E-state index is -0.970. The van der Waals surface area contributed by atoms with E-state index in [2.05, 4.69) is 11.1 Å². The summed E-state index contributed by atoms with van der Waals surface area (Å²) in [6, 6.07) is 21.3. The molecule has 1 aliphatic rings. The molecule has 1 aliphatic heterocycles. The second kappa shape index (κ2) is 10.4. The zero-order chi connectivity index (χ0) is 25.0. The van der Waals surface area contributed by atoms with E-state index >= 15 is 0 Å². The van der Waals surface area contributed by atoms with Crippen molar-refractivity contribution in [2.24, 2.45) is 0 Å². The largest absolute Gasteiger partial charge is 0.497 e. The fourth-order valence-corrected chi connectivity index (χ4v) is 4.36. The maximum atomic E-state index is 11.1. The van der Waals surface area contributed by atoms with Gasteiger partial charge >= 0.3 is 0 Å². The molecule has 5 rings (SSSR count). The number of hydrogen-bond acceptors (Lipinski definition) is 6. The Kier molecular flexibility index (Phi) is 6.84. The highest BCUT2D eigenvalue weighted by Gasteiger charge is 2.44. The number of ether oxygens (including phenoxy) is 4. The molecule has 2 heterocycles. The Morgan fingerprint density at radius 1 is 1.11 bits per heavy atom. The van der Waals surface area contributed by atoms with Crippen LogP contribution in [0.25, 0.3) is 11.1 Å². The number of benzene rings is 3. The van der Waals surface area contributed by atoms with Gasteiger partial charge in [0.25, 0.3) is 0 Å². The summed E-state index contributed by atoms with van der Waals surface area (Å²) < 4.78 is 26.4. The van der Waals surface area contributed by atoms with E-state index < -0.39 is 5.79 Å². The standard InChI is InChI=1S/C29H28N2O5/c1-21-3-12-28(27(15-21)23-6-4-22(16-32)5-7-23)34-17-26-18-35-29(36-26,19-31-14-13-30-20-31)24-8-10-25(33-2)11-9-24/h3-16,20,26H,17-19H2,1-2H3. The lowest BCUT2D eigenvalue weighted by Gasteiger charge is -2.29. The summed E-state index contributed by atoms with van der Waals surface area (Å²) in [6.07, 6.45) is 5.93. The number of aryl methyl sites for hydroxylation is 1. The van der Waals surface area contributed by atoms with E-state index in [4.69, 9.17) is 18.9 Å². The van der Waals surface area contributed by atoms with E-state index in [1.165, 1.54) is 0 Å². The molecule has 4 aromatic rings. The van der Waals surface area contributed by atoms with Crippen molar-refractivity contribution in [1.29, 1.82) is 0 Å². The quantitative estimate of drug-likeness (QED) is 0.311. The van der Waals surface area contributed by atoms with Gasteiger partial charge in [-0.25, -0.2) is 4.98 Å². The molecule has 0 spiro atoms. The van der Waals surface area contributed by atoms with Crippen molar-refractivity contribution in [1.82, 2.24) is 9.55 Å². The maximum absolute atomic E-state index is 11.1. The Balaban J connectivity index is 1.35. The third-order valence-electron chi connectivity index (χ3n) is 6.26. The molecule has 0 saturated carbocycles. The molecule has 0 amide bonds. The predicted octanol–water partition coefficient (Wildman–Crippen LogP) is 5.03. The molecular weight excluding hydrogens is 456 g/mol. The van der Waals surface area contributed by atoms with Crippen LogP contribution in [0.5, 0.6) is 11.5 Å². The first-order valence-corrected chi connectivity index (χ1v) is 11.8. The van der Waals surface area contributed by atoms with Crippen LogP contribution < -0.4 is 9.47 Å². The summed E-state index contributed by atoms with van der Waals surface area (Å²) in [7, 11) is 1.64. The lowest BCUT2D eigenvalue weighted by atomic mass is 10.0. The lowest BCUT2D eigenvalue weighted by molar-refractivity contribution is -0.189. The summed E-state index contributed by atoms with van der Waals surface area (Å²) in [5.74, 6) is 0.545. The Morgan fingerprint density at radius 2 is 1.92 bits per heavy atom. The van der Waals surface area contributed by atoms with Crippen molar-refractivity contribution in [3.8, 4) is 22.6 Å². The normalized spacial score (nSPS) is 19.2. The van der Waals surface area contributed by atoms with Gasteiger partial charge in [-0.15, -0.1) is 0 Å². The topological polar surface area (TPSA) is 71.8 Å². The number of carbonyl (C=O) groups is 1. The molecule has 1 fully saturated rings. The highest BCUT2D eigenvalue weighted by atomic mass is 16.8. The zero-order valence-corrected chi connectivity index (χ0v) is 20.3. The summed E-state index contributed by atoms with van der Waals surface area (Å²) in [5.41, 5.74) is 4.60. The molecule has 1 saturated heterocycles. The third-order valence-corrected chi connectivity index (χ3v) is 6.26. The molecule has 184 valence electrons. The molecule has 0 aliphatic carbocycles. The number of imidazole rings is 1. The number of carbonyl (C=O) groups excluding carboxylic acids is 1. The van der Waals surface area contributed by atoms with Crippen LogP contribution in [0.15, 0.2) is 85.5 Å². The number of hydrogen-bond donors (Lipinski definition) is 0. The van der Waals surface area contributed by atoms with Crippen LogP contribution in [-0.2, 0) is 21.8 Å². The molecular formula is C29H28N2O5. The molecule has 7 nitrogen and oxygen atoms in total. The average Bonchev–Trinajstić information content (AvgIpc) is 3.59. The average molecular weight is 485 g/mol. The Labute approximate surface area is 210 Å². The smallest absolute Gasteiger partial charge is 0.214 e. The number of aromatic nitrogens is 2. The number of nitrogens with zero attached hydrogens (tertiary/aromatic N) is 2. The predicted molar refractivity (Wildman–Crippen MR) is 135 cm³/mol. The first-order chi connectivity index (χ1) is 17.6. The third kappa shape index (κ3) is 5.03. The van der Waals surface area contributed by atoms with Crippen molar-refractivity contribution >= 4 is 6.29 Å². The summed E-state index contributed by atoms with van der Waals surface area (Å²) in [6.45, 7) is 3.20. The van der Waals surface area contributed by atoms with Crippen molar-refractivity contribution in [3.05, 3.63) is 102 Å². The van der Waals surface area contributed by atoms with Gasteiger partial charge in [-0.2, -0.15) is 0 Å². The van der Waals surface area contributed by atoms with Gasteiger partial charge in [-0.3, -0.25) is 4.79 Å². The van der Waals surface area contributed by atoms with Gasteiger partial charge in [0.05, 0.1) is 26.6 Å². The molecule has 1 aromatic heterocycles. The lowest BCUT2D eigenvalue weighted by Crippen LogP contribution is -2.34. The van der Waals surface area contributed by atoms with Crippen molar-refractivity contribution in [3.63, 3.8) is 0 Å². The van der Waals surface area contributed by atoms with Crippen molar-refractivity contribution in [2.45, 2.75) is 25.4 Å². The van der Waals surface area contributed by atoms with Crippen LogP contribution in [0, 0.1) is 6.92 Å². The highest BCUT2D eigenvalue weighted by Crippen LogP contribution is 2.38. The Hall–Kier alpha value is -3.94. The van der Waals surface area contributed by atoms with Gasteiger partial charge in [0.1, 0.15) is 30.5 Å². The van der Waals surface area contributed by atoms with Gasteiger partial charge in [0.15, 0.2) is 0 Å². The number of aldehydes is 1. The van der Waals surface area contributed by atoms with Crippen LogP contribution in [0.3, 0.4) is 0 Å². The molecule has 2 atom stereocenters. The van der Waals surface area contributed by atoms with E-state index in [1.807, 2.05) is 78.4 Å². The molecule has 7 heteroatoms. The fourth-order valence-electron chi connectivity index (χ4n) is 4.36. The van der Waals surface area contributed by atoms with Crippen LogP contribution in [0.2, 0.25) is 0 Å². The van der Waals surface area contributed by atoms with E-state index in [9.17, 15) is 4.79 Å². The SMILES string of the molecule is COc1ccc(C2(Cn3ccnc3)OCC(COc3ccc(C)cc3-c3ccc(C=O)cc3)O2)cc1. The number of rotatable bonds is 9.